The first-order valence-corrected chi connectivity index (χ1v) is 7.19. The number of ether oxygens (including phenoxy) is 2. The van der Waals surface area contributed by atoms with Gasteiger partial charge in [0.25, 0.3) is 0 Å². The average molecular weight is 327 g/mol. The van der Waals surface area contributed by atoms with Crippen LogP contribution in [0.25, 0.3) is 0 Å². The van der Waals surface area contributed by atoms with Crippen molar-refractivity contribution in [1.82, 2.24) is 0 Å². The number of carbonyl (C=O) groups excluding carboxylic acids is 1. The minimum Gasteiger partial charge on any atom is -0.481 e. The highest BCUT2D eigenvalue weighted by molar-refractivity contribution is 5.96. The van der Waals surface area contributed by atoms with Crippen LogP contribution in [0.2, 0.25) is 0 Å². The fourth-order valence-corrected chi connectivity index (χ4v) is 3.27. The lowest BCUT2D eigenvalue weighted by atomic mass is 9.78. The Balaban J connectivity index is 1.68. The first kappa shape index (κ1) is 15.7. The molecule has 2 aliphatic rings. The average Bonchev–Trinajstić information content (AvgIpc) is 3.09. The SMILES string of the molecule is O=C(O)[C@H]1[C@H](C(=O)Nc2ccc(OC(F)F)cc2)[C@H]2CC[C@H]1O2. The van der Waals surface area contributed by atoms with Crippen molar-refractivity contribution in [3.8, 4) is 5.75 Å². The zero-order valence-electron chi connectivity index (χ0n) is 11.9. The molecule has 2 fully saturated rings. The maximum atomic E-state index is 12.4. The van der Waals surface area contributed by atoms with Crippen molar-refractivity contribution in [2.24, 2.45) is 11.8 Å². The molecule has 1 aromatic carbocycles. The van der Waals surface area contributed by atoms with E-state index in [1.807, 2.05) is 0 Å². The molecule has 4 atom stereocenters. The number of alkyl halides is 2. The second kappa shape index (κ2) is 6.11. The van der Waals surface area contributed by atoms with Crippen LogP contribution < -0.4 is 10.1 Å². The number of halogens is 2. The fourth-order valence-electron chi connectivity index (χ4n) is 3.27. The number of rotatable bonds is 5. The molecule has 0 aliphatic carbocycles. The number of anilines is 1. The van der Waals surface area contributed by atoms with Crippen molar-refractivity contribution in [3.63, 3.8) is 0 Å². The summed E-state index contributed by atoms with van der Waals surface area (Å²) < 4.78 is 33.9. The topological polar surface area (TPSA) is 84.9 Å². The molecule has 0 aromatic heterocycles. The first-order valence-electron chi connectivity index (χ1n) is 7.19. The minimum absolute atomic E-state index is 0.0235. The molecule has 2 heterocycles. The number of carboxylic acids is 1. The van der Waals surface area contributed by atoms with E-state index in [-0.39, 0.29) is 11.9 Å². The van der Waals surface area contributed by atoms with Crippen molar-refractivity contribution in [2.75, 3.05) is 5.32 Å². The first-order chi connectivity index (χ1) is 11.0. The summed E-state index contributed by atoms with van der Waals surface area (Å²) in [6.07, 6.45) is 0.497. The molecule has 124 valence electrons. The lowest BCUT2D eigenvalue weighted by Crippen LogP contribution is -2.40. The molecule has 2 bridgehead atoms. The van der Waals surface area contributed by atoms with Crippen LogP contribution >= 0.6 is 0 Å². The van der Waals surface area contributed by atoms with Crippen molar-refractivity contribution >= 4 is 17.6 Å². The monoisotopic (exact) mass is 327 g/mol. The van der Waals surface area contributed by atoms with Gasteiger partial charge in [-0.05, 0) is 37.1 Å². The third kappa shape index (κ3) is 3.12. The van der Waals surface area contributed by atoms with E-state index in [4.69, 9.17) is 4.74 Å². The third-order valence-electron chi connectivity index (χ3n) is 4.21. The largest absolute Gasteiger partial charge is 0.481 e. The molecule has 2 aliphatic heterocycles. The second-order valence-electron chi connectivity index (χ2n) is 5.57. The number of hydrogen-bond acceptors (Lipinski definition) is 4. The molecule has 1 aromatic rings. The molecule has 0 spiro atoms. The quantitative estimate of drug-likeness (QED) is 0.865. The van der Waals surface area contributed by atoms with E-state index >= 15 is 0 Å². The fraction of sp³-hybridized carbons (Fsp3) is 0.467. The van der Waals surface area contributed by atoms with Gasteiger partial charge >= 0.3 is 12.6 Å². The standard InChI is InChI=1S/C15H15F2NO5/c16-15(17)22-8-3-1-7(2-4-8)18-13(19)11-9-5-6-10(23-9)12(11)14(20)21/h1-4,9-12,15H,5-6H2,(H,18,19)(H,20,21)/t9-,10-,11-,12-/m1/s1. The number of aliphatic carboxylic acids is 1. The van der Waals surface area contributed by atoms with E-state index < -0.39 is 36.4 Å². The van der Waals surface area contributed by atoms with E-state index in [0.717, 1.165) is 0 Å². The summed E-state index contributed by atoms with van der Waals surface area (Å²) >= 11 is 0. The number of fused-ring (bicyclic) bond motifs is 2. The summed E-state index contributed by atoms with van der Waals surface area (Å²) in [6.45, 7) is -2.92. The summed E-state index contributed by atoms with van der Waals surface area (Å²) in [4.78, 5) is 23.7. The Morgan fingerprint density at radius 1 is 1.17 bits per heavy atom. The molecule has 1 amide bonds. The second-order valence-corrected chi connectivity index (χ2v) is 5.57. The molecular formula is C15H15F2NO5. The maximum Gasteiger partial charge on any atom is 0.387 e. The van der Waals surface area contributed by atoms with Gasteiger partial charge in [0.1, 0.15) is 5.75 Å². The lowest BCUT2D eigenvalue weighted by molar-refractivity contribution is -0.147. The number of carboxylic acid groups (broad SMARTS) is 1. The minimum atomic E-state index is -2.92. The Morgan fingerprint density at radius 3 is 2.35 bits per heavy atom. The molecular weight excluding hydrogens is 312 g/mol. The Kier molecular flexibility index (Phi) is 4.16. The van der Waals surface area contributed by atoms with Gasteiger partial charge in [-0.25, -0.2) is 0 Å². The van der Waals surface area contributed by atoms with E-state index in [2.05, 4.69) is 10.1 Å². The third-order valence-corrected chi connectivity index (χ3v) is 4.21. The van der Waals surface area contributed by atoms with Crippen LogP contribution in [-0.4, -0.2) is 35.8 Å². The Morgan fingerprint density at radius 2 is 1.78 bits per heavy atom. The lowest BCUT2D eigenvalue weighted by Gasteiger charge is -2.23. The zero-order chi connectivity index (χ0) is 16.6. The van der Waals surface area contributed by atoms with Crippen LogP contribution in [-0.2, 0) is 14.3 Å². The molecule has 0 unspecified atom stereocenters. The molecule has 2 saturated heterocycles. The van der Waals surface area contributed by atoms with Gasteiger partial charge in [-0.2, -0.15) is 8.78 Å². The molecule has 23 heavy (non-hydrogen) atoms. The van der Waals surface area contributed by atoms with Gasteiger partial charge in [-0.1, -0.05) is 0 Å². The summed E-state index contributed by atoms with van der Waals surface area (Å²) in [7, 11) is 0. The van der Waals surface area contributed by atoms with Crippen molar-refractivity contribution in [3.05, 3.63) is 24.3 Å². The molecule has 8 heteroatoms. The normalized spacial score (nSPS) is 28.8. The van der Waals surface area contributed by atoms with E-state index in [1.54, 1.807) is 0 Å². The van der Waals surface area contributed by atoms with Crippen molar-refractivity contribution in [1.29, 1.82) is 0 Å². The van der Waals surface area contributed by atoms with Crippen LogP contribution in [0, 0.1) is 11.8 Å². The number of hydrogen-bond donors (Lipinski definition) is 2. The number of carbonyl (C=O) groups is 2. The molecule has 0 radical (unpaired) electrons. The Bertz CT molecular complexity index is 606. The van der Waals surface area contributed by atoms with Gasteiger partial charge < -0.3 is 19.9 Å². The highest BCUT2D eigenvalue weighted by Gasteiger charge is 2.55. The van der Waals surface area contributed by atoms with Crippen molar-refractivity contribution in [2.45, 2.75) is 31.7 Å². The van der Waals surface area contributed by atoms with Crippen LogP contribution in [0.4, 0.5) is 14.5 Å². The van der Waals surface area contributed by atoms with Crippen LogP contribution in [0.5, 0.6) is 5.75 Å². The maximum absolute atomic E-state index is 12.4. The zero-order valence-corrected chi connectivity index (χ0v) is 11.9. The van der Waals surface area contributed by atoms with Gasteiger partial charge in [0.05, 0.1) is 24.0 Å². The predicted molar refractivity (Wildman–Crippen MR) is 74.2 cm³/mol. The van der Waals surface area contributed by atoms with E-state index in [1.165, 1.54) is 24.3 Å². The van der Waals surface area contributed by atoms with Gasteiger partial charge in [-0.3, -0.25) is 9.59 Å². The van der Waals surface area contributed by atoms with Crippen LogP contribution in [0.15, 0.2) is 24.3 Å². The van der Waals surface area contributed by atoms with E-state index in [9.17, 15) is 23.5 Å². The number of amides is 1. The molecule has 0 saturated carbocycles. The number of nitrogens with one attached hydrogen (secondary N) is 1. The van der Waals surface area contributed by atoms with Gasteiger partial charge in [-0.15, -0.1) is 0 Å². The Hall–Kier alpha value is -2.22. The molecule has 3 rings (SSSR count). The summed E-state index contributed by atoms with van der Waals surface area (Å²) in [6, 6.07) is 5.43. The highest BCUT2D eigenvalue weighted by atomic mass is 19.3. The van der Waals surface area contributed by atoms with Gasteiger partial charge in [0.2, 0.25) is 5.91 Å². The Labute approximate surface area is 130 Å². The number of benzene rings is 1. The van der Waals surface area contributed by atoms with Gasteiger partial charge in [0.15, 0.2) is 0 Å². The van der Waals surface area contributed by atoms with Crippen LogP contribution in [0.3, 0.4) is 0 Å². The smallest absolute Gasteiger partial charge is 0.387 e. The summed E-state index contributed by atoms with van der Waals surface area (Å²) in [5.74, 6) is -3.10. The molecule has 6 nitrogen and oxygen atoms in total. The van der Waals surface area contributed by atoms with Crippen molar-refractivity contribution < 1.29 is 33.0 Å². The highest BCUT2D eigenvalue weighted by Crippen LogP contribution is 2.44. The predicted octanol–water partition coefficient (Wildman–Crippen LogP) is 2.10. The van der Waals surface area contributed by atoms with Crippen LogP contribution in [0.1, 0.15) is 12.8 Å². The summed E-state index contributed by atoms with van der Waals surface area (Å²) in [5.41, 5.74) is 0.378. The van der Waals surface area contributed by atoms with Gasteiger partial charge in [0, 0.05) is 5.69 Å². The molecule has 2 N–H and O–H groups in total. The van der Waals surface area contributed by atoms with E-state index in [0.29, 0.717) is 18.5 Å². The summed E-state index contributed by atoms with van der Waals surface area (Å²) in [5, 5.41) is 11.9.